The van der Waals surface area contributed by atoms with Gasteiger partial charge in [0.05, 0.1) is 6.26 Å². The molecule has 118 valence electrons. The van der Waals surface area contributed by atoms with Crippen LogP contribution in [0.15, 0.2) is 53.2 Å². The maximum Gasteiger partial charge on any atom is 0.269 e. The number of rotatable bonds is 3. The zero-order valence-corrected chi connectivity index (χ0v) is 12.6. The van der Waals surface area contributed by atoms with E-state index in [1.165, 1.54) is 42.7 Å². The number of amides is 2. The lowest BCUT2D eigenvalue weighted by Gasteiger charge is -2.09. The number of phenolic OH excluding ortho intramolecular Hbond substituents is 1. The number of carbonyl (C=O) groups is 2. The van der Waals surface area contributed by atoms with Crippen LogP contribution in [0.1, 0.15) is 16.1 Å². The predicted molar refractivity (Wildman–Crippen MR) is 87.2 cm³/mol. The fourth-order valence-corrected chi connectivity index (χ4v) is 1.68. The molecule has 0 aliphatic carbocycles. The number of furan rings is 1. The van der Waals surface area contributed by atoms with Crippen molar-refractivity contribution in [1.82, 2.24) is 16.2 Å². The first kappa shape index (κ1) is 16.2. The van der Waals surface area contributed by atoms with E-state index in [-0.39, 0.29) is 10.9 Å². The van der Waals surface area contributed by atoms with E-state index in [0.29, 0.717) is 11.3 Å². The number of phenols is 1. The molecule has 0 atom stereocenters. The number of hydrogen-bond acceptors (Lipinski definition) is 5. The Kier molecular flexibility index (Phi) is 5.48. The minimum Gasteiger partial charge on any atom is -0.508 e. The highest BCUT2D eigenvalue weighted by atomic mass is 32.1. The molecule has 1 aromatic heterocycles. The Morgan fingerprint density at radius 3 is 2.52 bits per heavy atom. The topological polar surface area (TPSA) is 104 Å². The van der Waals surface area contributed by atoms with E-state index in [4.69, 9.17) is 21.7 Å². The van der Waals surface area contributed by atoms with Gasteiger partial charge in [-0.3, -0.25) is 25.8 Å². The fourth-order valence-electron chi connectivity index (χ4n) is 1.53. The van der Waals surface area contributed by atoms with Gasteiger partial charge in [0.15, 0.2) is 5.11 Å². The van der Waals surface area contributed by atoms with Crippen molar-refractivity contribution in [3.63, 3.8) is 0 Å². The molecular formula is C15H13N3O4S. The van der Waals surface area contributed by atoms with Gasteiger partial charge in [0.25, 0.3) is 5.91 Å². The lowest BCUT2D eigenvalue weighted by molar-refractivity contribution is -0.115. The van der Waals surface area contributed by atoms with Crippen LogP contribution in [0.2, 0.25) is 0 Å². The van der Waals surface area contributed by atoms with Crippen LogP contribution in [-0.2, 0) is 4.79 Å². The van der Waals surface area contributed by atoms with Gasteiger partial charge in [-0.05, 0) is 54.7 Å². The van der Waals surface area contributed by atoms with Gasteiger partial charge in [-0.15, -0.1) is 0 Å². The van der Waals surface area contributed by atoms with Crippen LogP contribution >= 0.6 is 12.2 Å². The van der Waals surface area contributed by atoms with Gasteiger partial charge in [-0.2, -0.15) is 0 Å². The molecule has 4 N–H and O–H groups in total. The number of hydrogen-bond donors (Lipinski definition) is 4. The molecule has 0 spiro atoms. The summed E-state index contributed by atoms with van der Waals surface area (Å²) in [4.78, 5) is 23.4. The largest absolute Gasteiger partial charge is 0.508 e. The Hall–Kier alpha value is -3.13. The van der Waals surface area contributed by atoms with Crippen molar-refractivity contribution < 1.29 is 19.1 Å². The molecule has 0 radical (unpaired) electrons. The van der Waals surface area contributed by atoms with Crippen LogP contribution < -0.4 is 16.2 Å². The van der Waals surface area contributed by atoms with E-state index < -0.39 is 11.8 Å². The number of aromatic hydroxyl groups is 1. The molecule has 0 unspecified atom stereocenters. The summed E-state index contributed by atoms with van der Waals surface area (Å²) in [5.41, 5.74) is 5.05. The van der Waals surface area contributed by atoms with Gasteiger partial charge in [0, 0.05) is 11.6 Å². The Labute approximate surface area is 137 Å². The lowest BCUT2D eigenvalue weighted by Crippen LogP contribution is -2.48. The minimum atomic E-state index is -0.474. The smallest absolute Gasteiger partial charge is 0.269 e. The van der Waals surface area contributed by atoms with E-state index in [0.717, 1.165) is 0 Å². The number of thiocarbonyl (C=S) groups is 1. The third-order valence-corrected chi connectivity index (χ3v) is 2.80. The molecule has 2 aromatic rings. The monoisotopic (exact) mass is 331 g/mol. The Bertz CT molecular complexity index is 724. The second kappa shape index (κ2) is 7.76. The van der Waals surface area contributed by atoms with Gasteiger partial charge in [-0.25, -0.2) is 0 Å². The molecule has 23 heavy (non-hydrogen) atoms. The van der Waals surface area contributed by atoms with Gasteiger partial charge >= 0.3 is 0 Å². The van der Waals surface area contributed by atoms with Gasteiger partial charge < -0.3 is 9.52 Å². The van der Waals surface area contributed by atoms with Crippen LogP contribution in [0.5, 0.6) is 5.75 Å². The summed E-state index contributed by atoms with van der Waals surface area (Å²) in [6.45, 7) is 0. The molecule has 7 nitrogen and oxygen atoms in total. The Morgan fingerprint density at radius 2 is 1.87 bits per heavy atom. The summed E-state index contributed by atoms with van der Waals surface area (Å²) < 4.78 is 5.04. The highest BCUT2D eigenvalue weighted by molar-refractivity contribution is 7.80. The van der Waals surface area contributed by atoms with Crippen LogP contribution in [0.25, 0.3) is 6.08 Å². The van der Waals surface area contributed by atoms with Gasteiger partial charge in [-0.1, -0.05) is 0 Å². The van der Waals surface area contributed by atoms with Crippen molar-refractivity contribution >= 4 is 35.2 Å². The summed E-state index contributed by atoms with van der Waals surface area (Å²) in [5.74, 6) is -0.356. The average Bonchev–Trinajstić information content (AvgIpc) is 3.05. The minimum absolute atomic E-state index is 0.0561. The normalized spacial score (nSPS) is 10.3. The first-order valence-corrected chi connectivity index (χ1v) is 6.87. The van der Waals surface area contributed by atoms with Gasteiger partial charge in [0.1, 0.15) is 11.5 Å². The molecular weight excluding hydrogens is 318 g/mol. The van der Waals surface area contributed by atoms with Gasteiger partial charge in [0.2, 0.25) is 5.91 Å². The zero-order valence-electron chi connectivity index (χ0n) is 11.8. The molecule has 0 aliphatic rings. The van der Waals surface area contributed by atoms with Crippen LogP contribution in [0, 0.1) is 0 Å². The SMILES string of the molecule is O=C(/C=C/c1ccco1)NC(=S)NNC(=O)c1ccc(O)cc1. The van der Waals surface area contributed by atoms with E-state index >= 15 is 0 Å². The van der Waals surface area contributed by atoms with Crippen LogP contribution in [-0.4, -0.2) is 22.0 Å². The summed E-state index contributed by atoms with van der Waals surface area (Å²) in [5, 5.41) is 11.4. The Balaban J connectivity index is 1.77. The number of nitrogens with one attached hydrogen (secondary N) is 3. The molecule has 2 rings (SSSR count). The summed E-state index contributed by atoms with van der Waals surface area (Å²) in [6.07, 6.45) is 4.21. The standard InChI is InChI=1S/C15H13N3O4S/c19-11-5-3-10(4-6-11)14(21)17-18-15(23)16-13(20)8-7-12-2-1-9-22-12/h1-9,19H,(H,17,21)(H2,16,18,20,23)/b8-7+. The predicted octanol–water partition coefficient (Wildman–Crippen LogP) is 1.33. The molecule has 0 bridgehead atoms. The van der Waals surface area contributed by atoms with Crippen LogP contribution in [0.3, 0.4) is 0 Å². The summed E-state index contributed by atoms with van der Waals surface area (Å²) in [6, 6.07) is 9.05. The highest BCUT2D eigenvalue weighted by Gasteiger charge is 2.06. The van der Waals surface area contributed by atoms with Crippen LogP contribution in [0.4, 0.5) is 0 Å². The van der Waals surface area contributed by atoms with Crippen molar-refractivity contribution in [1.29, 1.82) is 0 Å². The number of hydrazine groups is 1. The Morgan fingerprint density at radius 1 is 1.13 bits per heavy atom. The summed E-state index contributed by atoms with van der Waals surface area (Å²) >= 11 is 4.88. The number of benzene rings is 1. The first-order valence-electron chi connectivity index (χ1n) is 6.46. The third kappa shape index (κ3) is 5.29. The van der Waals surface area contributed by atoms with E-state index in [1.807, 2.05) is 0 Å². The van der Waals surface area contributed by atoms with Crippen molar-refractivity contribution in [3.05, 3.63) is 60.1 Å². The fraction of sp³-hybridized carbons (Fsp3) is 0. The summed E-state index contributed by atoms with van der Waals surface area (Å²) in [7, 11) is 0. The number of carbonyl (C=O) groups excluding carboxylic acids is 2. The lowest BCUT2D eigenvalue weighted by atomic mass is 10.2. The van der Waals surface area contributed by atoms with Crippen molar-refractivity contribution in [2.45, 2.75) is 0 Å². The zero-order chi connectivity index (χ0) is 16.7. The molecule has 2 amide bonds. The highest BCUT2D eigenvalue weighted by Crippen LogP contribution is 2.08. The van der Waals surface area contributed by atoms with Crippen molar-refractivity contribution in [2.24, 2.45) is 0 Å². The first-order chi connectivity index (χ1) is 11.0. The second-order valence-corrected chi connectivity index (χ2v) is 4.70. The van der Waals surface area contributed by atoms with Crippen molar-refractivity contribution in [2.75, 3.05) is 0 Å². The average molecular weight is 331 g/mol. The maximum atomic E-state index is 11.8. The molecule has 8 heteroatoms. The van der Waals surface area contributed by atoms with E-state index in [9.17, 15) is 9.59 Å². The quantitative estimate of drug-likeness (QED) is 0.384. The molecule has 0 aliphatic heterocycles. The third-order valence-electron chi connectivity index (χ3n) is 2.60. The molecule has 1 aromatic carbocycles. The molecule has 0 fully saturated rings. The van der Waals surface area contributed by atoms with Crippen molar-refractivity contribution in [3.8, 4) is 5.75 Å². The molecule has 0 saturated heterocycles. The second-order valence-electron chi connectivity index (χ2n) is 4.29. The molecule has 0 saturated carbocycles. The molecule has 1 heterocycles. The van der Waals surface area contributed by atoms with E-state index in [2.05, 4.69) is 16.2 Å². The maximum absolute atomic E-state index is 11.8. The van der Waals surface area contributed by atoms with E-state index in [1.54, 1.807) is 12.1 Å².